The first-order valence-corrected chi connectivity index (χ1v) is 17.4. The molecule has 0 saturated heterocycles. The SMILES string of the molecule is C/C=C\C(CCC)NC/C(=C\C=C(/C)C1=c2ccccc2=C(c2ccc(/C=C/C=C\CN)nc2)CC1)c1cccc(C2=CNCC=C2)c1. The van der Waals surface area contributed by atoms with Gasteiger partial charge in [0.15, 0.2) is 0 Å². The van der Waals surface area contributed by atoms with Crippen LogP contribution in [0.1, 0.15) is 68.8 Å². The number of allylic oxidation sites excluding steroid dienone is 8. The Bertz CT molecular complexity index is 1880. The van der Waals surface area contributed by atoms with Crippen molar-refractivity contribution < 1.29 is 0 Å². The molecule has 0 spiro atoms. The standard InChI is InChI=1S/C44H50N4/c1-4-13-39(14-5-2)47-31-37(35-16-11-15-34(29-35)36-17-12-28-46-30-36)22-21-33(3)41-25-26-42(44-20-9-8-19-43(41)44)38-23-24-40(48-32-38)18-7-6-10-27-45/h4,6-13,15-24,29-30,32,39,46-47H,5,14,25-28,31,45H2,1-3H3/b10-6-,13-4-,18-7+,33-21+,37-22+. The van der Waals surface area contributed by atoms with Crippen LogP contribution in [0, 0.1) is 0 Å². The predicted molar refractivity (Wildman–Crippen MR) is 207 cm³/mol. The second-order valence-corrected chi connectivity index (χ2v) is 12.3. The van der Waals surface area contributed by atoms with E-state index in [0.717, 1.165) is 44.5 Å². The highest BCUT2D eigenvalue weighted by Crippen LogP contribution is 2.27. The van der Waals surface area contributed by atoms with Gasteiger partial charge in [-0.05, 0) is 106 Å². The highest BCUT2D eigenvalue weighted by atomic mass is 14.9. The fourth-order valence-electron chi connectivity index (χ4n) is 6.41. The van der Waals surface area contributed by atoms with Crippen LogP contribution in [0.15, 0.2) is 133 Å². The van der Waals surface area contributed by atoms with E-state index in [-0.39, 0.29) is 0 Å². The van der Waals surface area contributed by atoms with Crippen molar-refractivity contribution in [1.29, 1.82) is 0 Å². The van der Waals surface area contributed by atoms with Crippen LogP contribution in [0.4, 0.5) is 0 Å². The second kappa shape index (κ2) is 18.0. The van der Waals surface area contributed by atoms with Crippen LogP contribution < -0.4 is 26.8 Å². The predicted octanol–water partition coefficient (Wildman–Crippen LogP) is 7.62. The molecule has 0 fully saturated rings. The minimum absolute atomic E-state index is 0.353. The van der Waals surface area contributed by atoms with Gasteiger partial charge in [0, 0.05) is 38.1 Å². The summed E-state index contributed by atoms with van der Waals surface area (Å²) in [5, 5.41) is 9.80. The molecule has 0 bridgehead atoms. The van der Waals surface area contributed by atoms with Crippen molar-refractivity contribution >= 4 is 28.4 Å². The maximum atomic E-state index is 5.54. The van der Waals surface area contributed by atoms with Crippen molar-refractivity contribution in [3.8, 4) is 0 Å². The molecule has 2 aliphatic rings. The first-order chi connectivity index (χ1) is 23.6. The molecule has 3 aromatic rings. The molecule has 4 heteroatoms. The Labute approximate surface area is 287 Å². The Morgan fingerprint density at radius 1 is 1.00 bits per heavy atom. The normalized spacial score (nSPS) is 16.1. The highest BCUT2D eigenvalue weighted by molar-refractivity contribution is 5.79. The second-order valence-electron chi connectivity index (χ2n) is 12.3. The van der Waals surface area contributed by atoms with E-state index >= 15 is 0 Å². The molecule has 4 N–H and O–H groups in total. The van der Waals surface area contributed by atoms with Gasteiger partial charge in [-0.1, -0.05) is 117 Å². The summed E-state index contributed by atoms with van der Waals surface area (Å²) < 4.78 is 0. The average Bonchev–Trinajstić information content (AvgIpc) is 3.13. The topological polar surface area (TPSA) is 63.0 Å². The molecule has 4 nitrogen and oxygen atoms in total. The lowest BCUT2D eigenvalue weighted by molar-refractivity contribution is 0.583. The van der Waals surface area contributed by atoms with Crippen LogP contribution in [-0.4, -0.2) is 30.7 Å². The van der Waals surface area contributed by atoms with Gasteiger partial charge in [0.2, 0.25) is 0 Å². The zero-order valence-corrected chi connectivity index (χ0v) is 28.8. The number of nitrogens with two attached hydrogens (primary N) is 1. The lowest BCUT2D eigenvalue weighted by Crippen LogP contribution is -2.32. The minimum atomic E-state index is 0.353. The molecule has 48 heavy (non-hydrogen) atoms. The molecular weight excluding hydrogens is 585 g/mol. The molecule has 1 unspecified atom stereocenters. The number of nitrogens with zero attached hydrogens (tertiary/aromatic N) is 1. The number of rotatable bonds is 14. The zero-order chi connectivity index (χ0) is 33.6. The number of nitrogens with one attached hydrogen (secondary N) is 2. The molecule has 1 atom stereocenters. The summed E-state index contributed by atoms with van der Waals surface area (Å²) in [6.07, 6.45) is 29.7. The molecule has 2 heterocycles. The molecule has 0 amide bonds. The molecule has 0 saturated carbocycles. The highest BCUT2D eigenvalue weighted by Gasteiger charge is 2.15. The number of aromatic nitrogens is 1. The Morgan fingerprint density at radius 3 is 2.62 bits per heavy atom. The van der Waals surface area contributed by atoms with E-state index in [9.17, 15) is 0 Å². The lowest BCUT2D eigenvalue weighted by Gasteiger charge is -2.19. The van der Waals surface area contributed by atoms with Crippen LogP contribution >= 0.6 is 0 Å². The third-order valence-corrected chi connectivity index (χ3v) is 8.93. The number of benzene rings is 2. The average molecular weight is 635 g/mol. The van der Waals surface area contributed by atoms with Gasteiger partial charge in [-0.15, -0.1) is 0 Å². The third-order valence-electron chi connectivity index (χ3n) is 8.93. The van der Waals surface area contributed by atoms with Gasteiger partial charge in [0.1, 0.15) is 0 Å². The van der Waals surface area contributed by atoms with Crippen molar-refractivity contribution in [1.82, 2.24) is 15.6 Å². The van der Waals surface area contributed by atoms with Crippen molar-refractivity contribution in [2.45, 2.75) is 52.5 Å². The van der Waals surface area contributed by atoms with E-state index in [0.29, 0.717) is 12.6 Å². The van der Waals surface area contributed by atoms with Gasteiger partial charge in [-0.3, -0.25) is 4.98 Å². The molecule has 1 aromatic heterocycles. The molecule has 1 aliphatic carbocycles. The van der Waals surface area contributed by atoms with E-state index < -0.39 is 0 Å². The monoisotopic (exact) mass is 634 g/mol. The minimum Gasteiger partial charge on any atom is -0.387 e. The van der Waals surface area contributed by atoms with E-state index in [1.165, 1.54) is 55.0 Å². The van der Waals surface area contributed by atoms with Gasteiger partial charge in [-0.2, -0.15) is 0 Å². The summed E-state index contributed by atoms with van der Waals surface area (Å²) >= 11 is 0. The number of hydrogen-bond donors (Lipinski definition) is 3. The third kappa shape index (κ3) is 9.19. The van der Waals surface area contributed by atoms with E-state index in [2.05, 4.69) is 135 Å². The number of dihydropyridines is 1. The Hall–Kier alpha value is -4.77. The summed E-state index contributed by atoms with van der Waals surface area (Å²) in [5.74, 6) is 0. The van der Waals surface area contributed by atoms with Crippen LogP contribution in [0.25, 0.3) is 28.4 Å². The van der Waals surface area contributed by atoms with Gasteiger partial charge in [0.25, 0.3) is 0 Å². The van der Waals surface area contributed by atoms with Crippen LogP contribution in [-0.2, 0) is 0 Å². The van der Waals surface area contributed by atoms with Gasteiger partial charge in [0.05, 0.1) is 5.69 Å². The van der Waals surface area contributed by atoms with Crippen molar-refractivity contribution in [2.24, 2.45) is 5.73 Å². The van der Waals surface area contributed by atoms with Crippen molar-refractivity contribution in [3.05, 3.63) is 166 Å². The summed E-state index contributed by atoms with van der Waals surface area (Å²) in [6.45, 7) is 8.82. The summed E-state index contributed by atoms with van der Waals surface area (Å²) in [6, 6.07) is 22.4. The number of hydrogen-bond acceptors (Lipinski definition) is 4. The molecule has 2 aromatic carbocycles. The van der Waals surface area contributed by atoms with Crippen molar-refractivity contribution in [3.63, 3.8) is 0 Å². The van der Waals surface area contributed by atoms with Gasteiger partial charge < -0.3 is 16.4 Å². The molecule has 5 rings (SSSR count). The largest absolute Gasteiger partial charge is 0.387 e. The maximum Gasteiger partial charge on any atom is 0.0630 e. The Kier molecular flexibility index (Phi) is 12.9. The van der Waals surface area contributed by atoms with Crippen LogP contribution in [0.5, 0.6) is 0 Å². The summed E-state index contributed by atoms with van der Waals surface area (Å²) in [4.78, 5) is 4.73. The number of pyridine rings is 1. The Balaban J connectivity index is 1.51. The molecule has 1 aliphatic heterocycles. The molecular formula is C44H50N4. The van der Waals surface area contributed by atoms with Gasteiger partial charge in [-0.25, -0.2) is 0 Å². The van der Waals surface area contributed by atoms with E-state index in [1.54, 1.807) is 0 Å². The van der Waals surface area contributed by atoms with E-state index in [4.69, 9.17) is 10.7 Å². The first kappa shape index (κ1) is 34.6. The summed E-state index contributed by atoms with van der Waals surface area (Å²) in [5.41, 5.74) is 16.7. The zero-order valence-electron chi connectivity index (χ0n) is 28.8. The number of fused-ring (bicyclic) bond motifs is 1. The molecule has 0 radical (unpaired) electrons. The maximum absolute atomic E-state index is 5.54. The van der Waals surface area contributed by atoms with Crippen LogP contribution in [0.2, 0.25) is 0 Å². The first-order valence-electron chi connectivity index (χ1n) is 17.4. The molecule has 246 valence electrons. The quantitative estimate of drug-likeness (QED) is 0.126. The Morgan fingerprint density at radius 2 is 1.88 bits per heavy atom. The smallest absolute Gasteiger partial charge is 0.0630 e. The lowest BCUT2D eigenvalue weighted by atomic mass is 9.87. The van der Waals surface area contributed by atoms with E-state index in [1.807, 2.05) is 30.5 Å². The fraction of sp³-hybridized carbons (Fsp3) is 0.250. The van der Waals surface area contributed by atoms with Crippen molar-refractivity contribution in [2.75, 3.05) is 19.6 Å². The van der Waals surface area contributed by atoms with Crippen LogP contribution in [0.3, 0.4) is 0 Å². The summed E-state index contributed by atoms with van der Waals surface area (Å²) in [7, 11) is 0. The van der Waals surface area contributed by atoms with Gasteiger partial charge >= 0.3 is 0 Å². The fourth-order valence-corrected chi connectivity index (χ4v) is 6.41.